The lowest BCUT2D eigenvalue weighted by molar-refractivity contribution is 0.103. The number of aromatic hydroxyl groups is 1. The van der Waals surface area contributed by atoms with E-state index in [-0.39, 0.29) is 32.4 Å². The van der Waals surface area contributed by atoms with E-state index >= 15 is 0 Å². The van der Waals surface area contributed by atoms with Gasteiger partial charge in [0.2, 0.25) is 0 Å². The van der Waals surface area contributed by atoms with Crippen LogP contribution in [0.5, 0.6) is 5.75 Å². The zero-order valence-corrected chi connectivity index (χ0v) is 16.3. The second-order valence-corrected chi connectivity index (χ2v) is 8.97. The third kappa shape index (κ3) is 3.78. The van der Waals surface area contributed by atoms with Crippen LogP contribution in [0.4, 0.5) is 5.69 Å². The number of rotatable bonds is 5. The Morgan fingerprint density at radius 1 is 1.03 bits per heavy atom. The molecule has 0 radical (unpaired) electrons. The average Bonchev–Trinajstić information content (AvgIpc) is 3.23. The minimum atomic E-state index is -3.69. The average molecular weight is 427 g/mol. The van der Waals surface area contributed by atoms with Crippen molar-refractivity contribution in [2.45, 2.75) is 4.21 Å². The first kappa shape index (κ1) is 18.9. The largest absolute Gasteiger partial charge is 0.508 e. The summed E-state index contributed by atoms with van der Waals surface area (Å²) < 4.78 is 32.2. The summed E-state index contributed by atoms with van der Waals surface area (Å²) in [5.74, 6) is -0.610. The summed E-state index contributed by atoms with van der Waals surface area (Å²) in [5.41, 5.74) is -0.318. The summed E-state index contributed by atoms with van der Waals surface area (Å²) in [5, 5.41) is 11.6. The molecule has 9 heteroatoms. The van der Waals surface area contributed by atoms with Crippen LogP contribution < -0.4 is 10.3 Å². The number of benzene rings is 2. The van der Waals surface area contributed by atoms with E-state index in [1.807, 2.05) is 0 Å². The van der Waals surface area contributed by atoms with E-state index in [1.165, 1.54) is 54.6 Å². The fourth-order valence-corrected chi connectivity index (χ4v) is 4.78. The summed E-state index contributed by atoms with van der Waals surface area (Å²) in [7, 11) is -3.69. The standard InChI is InChI=1S/C20H13NO6S2/c22-15-8-5-13-10-16(20(24)27-17(13)11-15)19(23)12-3-6-14(7-4-12)21-29(25,26)18-2-1-9-28-18/h1-11,21-22H. The lowest BCUT2D eigenvalue weighted by Crippen LogP contribution is -2.15. The predicted octanol–water partition coefficient (Wildman–Crippen LogP) is 3.59. The Morgan fingerprint density at radius 2 is 1.79 bits per heavy atom. The first-order chi connectivity index (χ1) is 13.8. The number of thiophene rings is 1. The van der Waals surface area contributed by atoms with Crippen LogP contribution in [0.25, 0.3) is 11.0 Å². The van der Waals surface area contributed by atoms with Crippen LogP contribution in [0.3, 0.4) is 0 Å². The molecule has 2 aromatic heterocycles. The van der Waals surface area contributed by atoms with Gasteiger partial charge in [0.15, 0.2) is 5.78 Å². The SMILES string of the molecule is O=C(c1ccc(NS(=O)(=O)c2cccs2)cc1)c1cc2ccc(O)cc2oc1=O. The highest BCUT2D eigenvalue weighted by molar-refractivity contribution is 7.94. The number of carbonyl (C=O) groups excluding carboxylic acids is 1. The molecule has 4 rings (SSSR count). The number of hydrogen-bond acceptors (Lipinski definition) is 7. The van der Waals surface area contributed by atoms with Crippen LogP contribution in [0.15, 0.2) is 79.5 Å². The lowest BCUT2D eigenvalue weighted by atomic mass is 10.0. The molecule has 2 heterocycles. The monoisotopic (exact) mass is 427 g/mol. The minimum Gasteiger partial charge on any atom is -0.508 e. The maximum Gasteiger partial charge on any atom is 0.347 e. The van der Waals surface area contributed by atoms with Crippen molar-refractivity contribution in [2.24, 2.45) is 0 Å². The van der Waals surface area contributed by atoms with E-state index in [2.05, 4.69) is 4.72 Å². The van der Waals surface area contributed by atoms with Crippen molar-refractivity contribution in [3.05, 3.63) is 87.6 Å². The molecule has 2 aromatic carbocycles. The van der Waals surface area contributed by atoms with Gasteiger partial charge in [-0.1, -0.05) is 6.07 Å². The number of sulfonamides is 1. The normalized spacial score (nSPS) is 11.4. The van der Waals surface area contributed by atoms with Gasteiger partial charge in [-0.25, -0.2) is 13.2 Å². The molecular weight excluding hydrogens is 414 g/mol. The van der Waals surface area contributed by atoms with Crippen LogP contribution in [-0.2, 0) is 10.0 Å². The Bertz CT molecular complexity index is 1370. The molecule has 0 amide bonds. The Hall–Kier alpha value is -3.43. The Labute approximate surface area is 168 Å². The van der Waals surface area contributed by atoms with Gasteiger partial charge in [-0.15, -0.1) is 11.3 Å². The van der Waals surface area contributed by atoms with E-state index in [9.17, 15) is 23.1 Å². The topological polar surface area (TPSA) is 114 Å². The summed E-state index contributed by atoms with van der Waals surface area (Å²) in [6.45, 7) is 0. The predicted molar refractivity (Wildman–Crippen MR) is 109 cm³/mol. The molecule has 0 unspecified atom stereocenters. The van der Waals surface area contributed by atoms with Gasteiger partial charge in [0, 0.05) is 22.7 Å². The number of ketones is 1. The maximum atomic E-state index is 12.7. The van der Waals surface area contributed by atoms with Gasteiger partial charge in [-0.3, -0.25) is 9.52 Å². The molecule has 0 fully saturated rings. The van der Waals surface area contributed by atoms with E-state index in [0.29, 0.717) is 5.39 Å². The van der Waals surface area contributed by atoms with Crippen molar-refractivity contribution in [1.29, 1.82) is 0 Å². The number of nitrogens with one attached hydrogen (secondary N) is 1. The third-order valence-electron chi connectivity index (χ3n) is 4.12. The van der Waals surface area contributed by atoms with Crippen molar-refractivity contribution in [1.82, 2.24) is 0 Å². The molecular formula is C20H13NO6S2. The molecule has 0 saturated heterocycles. The second kappa shape index (κ2) is 7.19. The van der Waals surface area contributed by atoms with Gasteiger partial charge in [0.1, 0.15) is 21.1 Å². The van der Waals surface area contributed by atoms with Crippen LogP contribution in [0.1, 0.15) is 15.9 Å². The maximum absolute atomic E-state index is 12.7. The van der Waals surface area contributed by atoms with Crippen LogP contribution in [-0.4, -0.2) is 19.3 Å². The molecule has 0 aliphatic rings. The van der Waals surface area contributed by atoms with Crippen molar-refractivity contribution >= 4 is 43.8 Å². The van der Waals surface area contributed by atoms with Gasteiger partial charge < -0.3 is 9.52 Å². The Balaban J connectivity index is 1.62. The quantitative estimate of drug-likeness (QED) is 0.372. The highest BCUT2D eigenvalue weighted by Gasteiger charge is 2.18. The molecule has 0 bridgehead atoms. The number of fused-ring (bicyclic) bond motifs is 1. The van der Waals surface area contributed by atoms with Crippen LogP contribution in [0, 0.1) is 0 Å². The zero-order valence-electron chi connectivity index (χ0n) is 14.7. The van der Waals surface area contributed by atoms with Crippen molar-refractivity contribution < 1.29 is 22.7 Å². The molecule has 2 N–H and O–H groups in total. The fourth-order valence-electron chi connectivity index (χ4n) is 2.73. The number of phenolic OH excluding ortho intramolecular Hbond substituents is 1. The van der Waals surface area contributed by atoms with Gasteiger partial charge in [0.05, 0.1) is 0 Å². The van der Waals surface area contributed by atoms with E-state index in [0.717, 1.165) is 11.3 Å². The molecule has 0 aliphatic carbocycles. The molecule has 7 nitrogen and oxygen atoms in total. The van der Waals surface area contributed by atoms with Crippen molar-refractivity contribution in [3.8, 4) is 5.75 Å². The number of carbonyl (C=O) groups is 1. The lowest BCUT2D eigenvalue weighted by Gasteiger charge is -2.07. The van der Waals surface area contributed by atoms with Gasteiger partial charge >= 0.3 is 5.63 Å². The van der Waals surface area contributed by atoms with E-state index < -0.39 is 21.4 Å². The van der Waals surface area contributed by atoms with Gasteiger partial charge in [-0.05, 0) is 53.9 Å². The number of phenols is 1. The van der Waals surface area contributed by atoms with E-state index in [1.54, 1.807) is 11.4 Å². The summed E-state index contributed by atoms with van der Waals surface area (Å²) in [4.78, 5) is 24.9. The van der Waals surface area contributed by atoms with E-state index in [4.69, 9.17) is 4.42 Å². The fraction of sp³-hybridized carbons (Fsp3) is 0. The smallest absolute Gasteiger partial charge is 0.347 e. The molecule has 29 heavy (non-hydrogen) atoms. The minimum absolute atomic E-state index is 0.0553. The molecule has 0 aliphatic heterocycles. The molecule has 0 spiro atoms. The Morgan fingerprint density at radius 3 is 2.48 bits per heavy atom. The number of hydrogen-bond donors (Lipinski definition) is 2. The van der Waals surface area contributed by atoms with Gasteiger partial charge in [0.25, 0.3) is 10.0 Å². The summed E-state index contributed by atoms with van der Waals surface area (Å²) in [6, 6.07) is 14.5. The molecule has 0 atom stereocenters. The van der Waals surface area contributed by atoms with Gasteiger partial charge in [-0.2, -0.15) is 0 Å². The first-order valence-electron chi connectivity index (χ1n) is 8.31. The summed E-state index contributed by atoms with van der Waals surface area (Å²) in [6.07, 6.45) is 0. The van der Waals surface area contributed by atoms with Crippen LogP contribution in [0.2, 0.25) is 0 Å². The van der Waals surface area contributed by atoms with Crippen molar-refractivity contribution in [3.63, 3.8) is 0 Å². The summed E-state index contributed by atoms with van der Waals surface area (Å²) >= 11 is 1.09. The molecule has 4 aromatic rings. The third-order valence-corrected chi connectivity index (χ3v) is 6.90. The second-order valence-electron chi connectivity index (χ2n) is 6.11. The number of anilines is 1. The highest BCUT2D eigenvalue weighted by atomic mass is 32.2. The van der Waals surface area contributed by atoms with Crippen molar-refractivity contribution in [2.75, 3.05) is 4.72 Å². The highest BCUT2D eigenvalue weighted by Crippen LogP contribution is 2.22. The molecule has 146 valence electrons. The molecule has 0 saturated carbocycles. The van der Waals surface area contributed by atoms with Crippen LogP contribution >= 0.6 is 11.3 Å². The zero-order chi connectivity index (χ0) is 20.6. The Kier molecular flexibility index (Phi) is 4.69. The first-order valence-corrected chi connectivity index (χ1v) is 10.7.